The molecular formula is C24H27N3OS. The Bertz CT molecular complexity index is 910. The predicted octanol–water partition coefficient (Wildman–Crippen LogP) is 4.38. The highest BCUT2D eigenvalue weighted by Crippen LogP contribution is 2.19. The Morgan fingerprint density at radius 2 is 1.79 bits per heavy atom. The second kappa shape index (κ2) is 9.81. The number of carbonyl (C=O) groups is 1. The smallest absolute Gasteiger partial charge is 0.270 e. The Hall–Kier alpha value is -2.50. The highest BCUT2D eigenvalue weighted by atomic mass is 32.1. The van der Waals surface area contributed by atoms with Gasteiger partial charge in [0.1, 0.15) is 5.69 Å². The number of rotatable bonds is 7. The monoisotopic (exact) mass is 405 g/mol. The van der Waals surface area contributed by atoms with E-state index in [1.165, 1.54) is 24.0 Å². The molecule has 4 nitrogen and oxygen atoms in total. The fourth-order valence-corrected chi connectivity index (χ4v) is 4.71. The summed E-state index contributed by atoms with van der Waals surface area (Å²) in [4.78, 5) is 19.6. The van der Waals surface area contributed by atoms with Crippen molar-refractivity contribution in [3.8, 4) is 0 Å². The summed E-state index contributed by atoms with van der Waals surface area (Å²) >= 11 is 1.56. The first-order valence-electron chi connectivity index (χ1n) is 10.3. The van der Waals surface area contributed by atoms with Crippen LogP contribution in [0.5, 0.6) is 0 Å². The lowest BCUT2D eigenvalue weighted by Crippen LogP contribution is -2.40. The Kier molecular flexibility index (Phi) is 6.70. The van der Waals surface area contributed by atoms with Gasteiger partial charge in [0, 0.05) is 31.4 Å². The van der Waals surface area contributed by atoms with Crippen LogP contribution in [-0.4, -0.2) is 35.4 Å². The van der Waals surface area contributed by atoms with E-state index in [0.717, 1.165) is 37.6 Å². The summed E-state index contributed by atoms with van der Waals surface area (Å²) in [6.07, 6.45) is 3.13. The maximum Gasteiger partial charge on any atom is 0.270 e. The molecule has 1 aliphatic rings. The number of hydrogen-bond donors (Lipinski definition) is 1. The molecule has 0 bridgehead atoms. The molecule has 1 fully saturated rings. The molecule has 1 amide bonds. The van der Waals surface area contributed by atoms with Crippen LogP contribution >= 0.6 is 11.3 Å². The molecular weight excluding hydrogens is 378 g/mol. The van der Waals surface area contributed by atoms with Crippen LogP contribution in [0.1, 0.15) is 39.5 Å². The molecule has 1 aromatic heterocycles. The van der Waals surface area contributed by atoms with Crippen LogP contribution in [0.4, 0.5) is 0 Å². The molecule has 0 radical (unpaired) electrons. The van der Waals surface area contributed by atoms with Gasteiger partial charge in [-0.1, -0.05) is 60.7 Å². The molecule has 2 heterocycles. The van der Waals surface area contributed by atoms with Gasteiger partial charge < -0.3 is 5.32 Å². The molecule has 1 saturated heterocycles. The fourth-order valence-electron chi connectivity index (χ4n) is 3.90. The molecule has 1 unspecified atom stereocenters. The van der Waals surface area contributed by atoms with Crippen molar-refractivity contribution in [2.24, 2.45) is 5.92 Å². The van der Waals surface area contributed by atoms with Crippen molar-refractivity contribution < 1.29 is 4.79 Å². The third-order valence-corrected chi connectivity index (χ3v) is 6.23. The van der Waals surface area contributed by atoms with Crippen LogP contribution in [0.25, 0.3) is 0 Å². The van der Waals surface area contributed by atoms with Gasteiger partial charge in [0.15, 0.2) is 0 Å². The van der Waals surface area contributed by atoms with Gasteiger partial charge in [-0.15, -0.1) is 11.3 Å². The zero-order valence-electron chi connectivity index (χ0n) is 16.6. The highest BCUT2D eigenvalue weighted by molar-refractivity contribution is 7.09. The molecule has 0 aliphatic carbocycles. The van der Waals surface area contributed by atoms with Crippen molar-refractivity contribution in [3.63, 3.8) is 0 Å². The molecule has 1 aliphatic heterocycles. The second-order valence-electron chi connectivity index (χ2n) is 7.73. The summed E-state index contributed by atoms with van der Waals surface area (Å²) in [5, 5.41) is 5.96. The van der Waals surface area contributed by atoms with E-state index in [-0.39, 0.29) is 5.91 Å². The standard InChI is InChI=1S/C24H27N3OS/c28-24(22-18-29-23(26-22)14-19-8-3-1-4-9-19)25-15-21-12-7-13-27(17-21)16-20-10-5-2-6-11-20/h1-6,8-11,18,21H,7,12-17H2,(H,25,28). The van der Waals surface area contributed by atoms with E-state index in [1.807, 2.05) is 23.6 Å². The highest BCUT2D eigenvalue weighted by Gasteiger charge is 2.21. The minimum Gasteiger partial charge on any atom is -0.350 e. The molecule has 1 N–H and O–H groups in total. The van der Waals surface area contributed by atoms with Crippen LogP contribution in [0, 0.1) is 5.92 Å². The molecule has 0 spiro atoms. The Balaban J connectivity index is 1.26. The maximum absolute atomic E-state index is 12.5. The summed E-state index contributed by atoms with van der Waals surface area (Å²) in [5.74, 6) is 0.444. The topological polar surface area (TPSA) is 45.2 Å². The first kappa shape index (κ1) is 19.8. The summed E-state index contributed by atoms with van der Waals surface area (Å²) in [6.45, 7) is 3.87. The number of amides is 1. The van der Waals surface area contributed by atoms with Crippen molar-refractivity contribution in [3.05, 3.63) is 87.9 Å². The van der Waals surface area contributed by atoms with Crippen LogP contribution in [-0.2, 0) is 13.0 Å². The molecule has 29 heavy (non-hydrogen) atoms. The first-order chi connectivity index (χ1) is 14.3. The predicted molar refractivity (Wildman–Crippen MR) is 118 cm³/mol. The SMILES string of the molecule is O=C(NCC1CCCN(Cc2ccccc2)C1)c1csc(Cc2ccccc2)n1. The maximum atomic E-state index is 12.5. The summed E-state index contributed by atoms with van der Waals surface area (Å²) < 4.78 is 0. The Morgan fingerprint density at radius 3 is 2.55 bits per heavy atom. The number of nitrogens with one attached hydrogen (secondary N) is 1. The lowest BCUT2D eigenvalue weighted by atomic mass is 9.97. The first-order valence-corrected chi connectivity index (χ1v) is 11.2. The van der Waals surface area contributed by atoms with E-state index in [0.29, 0.717) is 11.6 Å². The average molecular weight is 406 g/mol. The van der Waals surface area contributed by atoms with Gasteiger partial charge in [-0.05, 0) is 36.4 Å². The molecule has 4 rings (SSSR count). The second-order valence-corrected chi connectivity index (χ2v) is 8.67. The third kappa shape index (κ3) is 5.75. The number of carbonyl (C=O) groups excluding carboxylic acids is 1. The van der Waals surface area contributed by atoms with Crippen molar-refractivity contribution >= 4 is 17.2 Å². The lowest BCUT2D eigenvalue weighted by molar-refractivity contribution is 0.0926. The van der Waals surface area contributed by atoms with Gasteiger partial charge in [0.05, 0.1) is 5.01 Å². The number of likely N-dealkylation sites (tertiary alicyclic amines) is 1. The minimum atomic E-state index is -0.0549. The van der Waals surface area contributed by atoms with E-state index < -0.39 is 0 Å². The van der Waals surface area contributed by atoms with Crippen LogP contribution in [0.3, 0.4) is 0 Å². The van der Waals surface area contributed by atoms with E-state index in [2.05, 4.69) is 57.7 Å². The number of piperidine rings is 1. The third-order valence-electron chi connectivity index (χ3n) is 5.39. The number of thiazole rings is 1. The van der Waals surface area contributed by atoms with Crippen molar-refractivity contribution in [1.82, 2.24) is 15.2 Å². The van der Waals surface area contributed by atoms with E-state index in [4.69, 9.17) is 0 Å². The Morgan fingerprint density at radius 1 is 1.07 bits per heavy atom. The van der Waals surface area contributed by atoms with Crippen LogP contribution < -0.4 is 5.32 Å². The van der Waals surface area contributed by atoms with E-state index in [9.17, 15) is 4.79 Å². The summed E-state index contributed by atoms with van der Waals surface area (Å²) in [5.41, 5.74) is 3.11. The zero-order valence-corrected chi connectivity index (χ0v) is 17.4. The van der Waals surface area contributed by atoms with Crippen molar-refractivity contribution in [2.45, 2.75) is 25.8 Å². The van der Waals surface area contributed by atoms with Crippen LogP contribution in [0.15, 0.2) is 66.0 Å². The molecule has 1 atom stereocenters. The van der Waals surface area contributed by atoms with Crippen molar-refractivity contribution in [2.75, 3.05) is 19.6 Å². The molecule has 5 heteroatoms. The molecule has 3 aromatic rings. The number of nitrogens with zero attached hydrogens (tertiary/aromatic N) is 2. The number of benzene rings is 2. The normalized spacial score (nSPS) is 17.2. The lowest BCUT2D eigenvalue weighted by Gasteiger charge is -2.32. The van der Waals surface area contributed by atoms with Gasteiger partial charge in [0.2, 0.25) is 0 Å². The minimum absolute atomic E-state index is 0.0549. The molecule has 2 aromatic carbocycles. The summed E-state index contributed by atoms with van der Waals surface area (Å²) in [6, 6.07) is 20.9. The van der Waals surface area contributed by atoms with Gasteiger partial charge >= 0.3 is 0 Å². The van der Waals surface area contributed by atoms with E-state index in [1.54, 1.807) is 11.3 Å². The fraction of sp³-hybridized carbons (Fsp3) is 0.333. The average Bonchev–Trinajstić information content (AvgIpc) is 3.22. The van der Waals surface area contributed by atoms with Gasteiger partial charge in [-0.3, -0.25) is 9.69 Å². The molecule has 150 valence electrons. The molecule has 0 saturated carbocycles. The van der Waals surface area contributed by atoms with Crippen molar-refractivity contribution in [1.29, 1.82) is 0 Å². The Labute approximate surface area is 176 Å². The van der Waals surface area contributed by atoms with Gasteiger partial charge in [-0.2, -0.15) is 0 Å². The van der Waals surface area contributed by atoms with Crippen LogP contribution in [0.2, 0.25) is 0 Å². The largest absolute Gasteiger partial charge is 0.350 e. The quantitative estimate of drug-likeness (QED) is 0.635. The van der Waals surface area contributed by atoms with Gasteiger partial charge in [-0.25, -0.2) is 4.98 Å². The van der Waals surface area contributed by atoms with Gasteiger partial charge in [0.25, 0.3) is 5.91 Å². The number of aromatic nitrogens is 1. The number of hydrogen-bond acceptors (Lipinski definition) is 4. The summed E-state index contributed by atoms with van der Waals surface area (Å²) in [7, 11) is 0. The van der Waals surface area contributed by atoms with E-state index >= 15 is 0 Å². The zero-order chi connectivity index (χ0) is 19.9.